The molecule has 0 aliphatic heterocycles. The van der Waals surface area contributed by atoms with Gasteiger partial charge in [-0.05, 0) is 7.05 Å². The number of ether oxygens (including phenoxy) is 4. The third-order valence-corrected chi connectivity index (χ3v) is 4.44. The van der Waals surface area contributed by atoms with Crippen molar-refractivity contribution in [2.75, 3.05) is 79.8 Å². The van der Waals surface area contributed by atoms with Gasteiger partial charge in [-0.1, -0.05) is 0 Å². The van der Waals surface area contributed by atoms with Crippen molar-refractivity contribution in [3.63, 3.8) is 0 Å². The molecular weight excluding hydrogens is 408 g/mol. The summed E-state index contributed by atoms with van der Waals surface area (Å²) in [5.74, 6) is 0. The summed E-state index contributed by atoms with van der Waals surface area (Å²) in [7, 11) is -6.02. The molecule has 3 unspecified atom stereocenters. The van der Waals surface area contributed by atoms with E-state index in [4.69, 9.17) is 28.7 Å². The molecule has 0 spiro atoms. The first-order valence-corrected chi connectivity index (χ1v) is 11.9. The lowest BCUT2D eigenvalue weighted by molar-refractivity contribution is -0.0259. The first-order valence-electron chi connectivity index (χ1n) is 8.26. The van der Waals surface area contributed by atoms with Crippen LogP contribution in [0.15, 0.2) is 0 Å². The highest BCUT2D eigenvalue weighted by molar-refractivity contribution is 7.51. The summed E-state index contributed by atoms with van der Waals surface area (Å²) >= 11 is 0. The maximum absolute atomic E-state index is 11.1. The van der Waals surface area contributed by atoms with Gasteiger partial charge < -0.3 is 38.4 Å². The van der Waals surface area contributed by atoms with Crippen LogP contribution in [0.25, 0.3) is 0 Å². The molecule has 0 fully saturated rings. The van der Waals surface area contributed by atoms with E-state index >= 15 is 0 Å². The molecule has 27 heavy (non-hydrogen) atoms. The highest BCUT2D eigenvalue weighted by Gasteiger charge is 2.18. The highest BCUT2D eigenvalue weighted by atomic mass is 31.2. The van der Waals surface area contributed by atoms with Crippen LogP contribution in [0, 0.1) is 0 Å². The quantitative estimate of drug-likeness (QED) is 0.152. The number of hydrogen-bond acceptors (Lipinski definition) is 9. The second-order valence-electron chi connectivity index (χ2n) is 5.24. The van der Waals surface area contributed by atoms with Crippen LogP contribution < -0.4 is 5.09 Å². The average molecular weight is 439 g/mol. The van der Waals surface area contributed by atoms with Crippen LogP contribution in [0.3, 0.4) is 0 Å². The van der Waals surface area contributed by atoms with Gasteiger partial charge in [-0.25, -0.2) is 9.65 Å². The van der Waals surface area contributed by atoms with E-state index < -0.39 is 21.4 Å². The van der Waals surface area contributed by atoms with E-state index in [1.807, 2.05) is 0 Å². The molecule has 0 amide bonds. The Morgan fingerprint density at radius 2 is 1.22 bits per heavy atom. The molecular formula is C13H31NO11P2. The fraction of sp³-hybridized carbons (Fsp3) is 1.00. The van der Waals surface area contributed by atoms with Gasteiger partial charge in [0.25, 0.3) is 0 Å². The Hall–Kier alpha value is 0.0600. The molecule has 0 aromatic carbocycles. The summed E-state index contributed by atoms with van der Waals surface area (Å²) in [5, 5.41) is 11.6. The van der Waals surface area contributed by atoms with Crippen molar-refractivity contribution in [2.24, 2.45) is 0 Å². The van der Waals surface area contributed by atoms with Gasteiger partial charge in [-0.15, -0.1) is 0 Å². The number of hydrogen-bond donors (Lipinski definition) is 4. The Balaban J connectivity index is 3.27. The highest BCUT2D eigenvalue weighted by Crippen LogP contribution is 2.36. The average Bonchev–Trinajstić information content (AvgIpc) is 2.59. The predicted octanol–water partition coefficient (Wildman–Crippen LogP) is -0.418. The summed E-state index contributed by atoms with van der Waals surface area (Å²) in [6.45, 7) is 2.95. The van der Waals surface area contributed by atoms with Crippen LogP contribution in [0.1, 0.15) is 0 Å². The minimum Gasteiger partial charge on any atom is -0.388 e. The Kier molecular flexibility index (Phi) is 16.0. The standard InChI is InChI=1S/C13H31NO11P2/c1-14-27(18,19)25-12-13(15)11-23-8-7-21-4-3-20-5-6-22-9-10-24-26(2,16)17/h13,15H,3-12H2,1-2H3,(H,16,17)(H2,14,18,19). The second-order valence-corrected chi connectivity index (χ2v) is 8.85. The summed E-state index contributed by atoms with van der Waals surface area (Å²) in [6.07, 6.45) is -1.02. The van der Waals surface area contributed by atoms with E-state index in [9.17, 15) is 14.2 Å². The molecule has 0 aliphatic carbocycles. The first kappa shape index (κ1) is 27.1. The van der Waals surface area contributed by atoms with Crippen LogP contribution in [0.2, 0.25) is 0 Å². The van der Waals surface area contributed by atoms with Gasteiger partial charge in [0.15, 0.2) is 0 Å². The number of rotatable bonds is 19. The molecule has 0 saturated heterocycles. The molecule has 0 aliphatic rings. The molecule has 3 atom stereocenters. The second kappa shape index (κ2) is 15.9. The smallest absolute Gasteiger partial charge is 0.388 e. The predicted molar refractivity (Wildman–Crippen MR) is 95.8 cm³/mol. The van der Waals surface area contributed by atoms with Crippen LogP contribution >= 0.6 is 15.3 Å². The lowest BCUT2D eigenvalue weighted by Gasteiger charge is -2.14. The Bertz CT molecular complexity index is 448. The van der Waals surface area contributed by atoms with Gasteiger partial charge in [-0.3, -0.25) is 9.09 Å². The first-order chi connectivity index (χ1) is 12.7. The number of aliphatic hydroxyl groups is 1. The zero-order valence-electron chi connectivity index (χ0n) is 15.7. The molecule has 4 N–H and O–H groups in total. The Labute approximate surface area is 159 Å². The Morgan fingerprint density at radius 1 is 0.778 bits per heavy atom. The molecule has 0 heterocycles. The lowest BCUT2D eigenvalue weighted by Crippen LogP contribution is -2.23. The van der Waals surface area contributed by atoms with Crippen molar-refractivity contribution in [3.8, 4) is 0 Å². The van der Waals surface area contributed by atoms with E-state index in [0.29, 0.717) is 33.0 Å². The van der Waals surface area contributed by atoms with Crippen LogP contribution in [-0.4, -0.2) is 101 Å². The largest absolute Gasteiger partial charge is 0.402 e. The number of nitrogens with one attached hydrogen (secondary N) is 1. The summed E-state index contributed by atoms with van der Waals surface area (Å²) < 4.78 is 52.0. The van der Waals surface area contributed by atoms with E-state index in [2.05, 4.69) is 14.1 Å². The summed E-state index contributed by atoms with van der Waals surface area (Å²) in [5.41, 5.74) is 0. The molecule has 0 rings (SSSR count). The van der Waals surface area contributed by atoms with E-state index in [0.717, 1.165) is 6.66 Å². The van der Waals surface area contributed by atoms with Gasteiger partial charge >= 0.3 is 15.3 Å². The third-order valence-electron chi connectivity index (χ3n) is 2.71. The van der Waals surface area contributed by atoms with E-state index in [1.165, 1.54) is 7.05 Å². The van der Waals surface area contributed by atoms with Crippen molar-refractivity contribution in [3.05, 3.63) is 0 Å². The fourth-order valence-electron chi connectivity index (χ4n) is 1.44. The van der Waals surface area contributed by atoms with Gasteiger partial charge in [0.05, 0.1) is 66.1 Å². The van der Waals surface area contributed by atoms with Crippen molar-refractivity contribution < 1.29 is 52.0 Å². The van der Waals surface area contributed by atoms with Crippen molar-refractivity contribution in [1.29, 1.82) is 0 Å². The molecule has 0 saturated carbocycles. The zero-order chi connectivity index (χ0) is 20.6. The van der Waals surface area contributed by atoms with Crippen LogP contribution in [0.4, 0.5) is 0 Å². The SMILES string of the molecule is CNP(=O)(O)OCC(O)COCCOCCOCCOCCOP(C)(=O)O. The van der Waals surface area contributed by atoms with E-state index in [1.54, 1.807) is 0 Å². The topological polar surface area (TPSA) is 162 Å². The minimum atomic E-state index is -3.85. The molecule has 14 heteroatoms. The van der Waals surface area contributed by atoms with Gasteiger partial charge in [0.1, 0.15) is 6.10 Å². The van der Waals surface area contributed by atoms with Crippen LogP contribution in [-0.2, 0) is 37.1 Å². The molecule has 164 valence electrons. The third kappa shape index (κ3) is 20.6. The fourth-order valence-corrected chi connectivity index (χ4v) is 2.36. The van der Waals surface area contributed by atoms with Crippen molar-refractivity contribution in [2.45, 2.75) is 6.10 Å². The Morgan fingerprint density at radius 3 is 1.67 bits per heavy atom. The van der Waals surface area contributed by atoms with Crippen LogP contribution in [0.5, 0.6) is 0 Å². The zero-order valence-corrected chi connectivity index (χ0v) is 17.4. The summed E-state index contributed by atoms with van der Waals surface area (Å²) in [4.78, 5) is 18.0. The lowest BCUT2D eigenvalue weighted by atomic mass is 10.4. The maximum Gasteiger partial charge on any atom is 0.402 e. The minimum absolute atomic E-state index is 0.0447. The van der Waals surface area contributed by atoms with Gasteiger partial charge in [-0.2, -0.15) is 0 Å². The van der Waals surface area contributed by atoms with E-state index in [-0.39, 0.29) is 33.0 Å². The van der Waals surface area contributed by atoms with Gasteiger partial charge in [0.2, 0.25) is 0 Å². The molecule has 0 aromatic heterocycles. The molecule has 0 aromatic rings. The molecule has 0 bridgehead atoms. The number of aliphatic hydroxyl groups excluding tert-OH is 1. The molecule has 0 radical (unpaired) electrons. The maximum atomic E-state index is 11.1. The summed E-state index contributed by atoms with van der Waals surface area (Å²) in [6, 6.07) is 0. The molecule has 12 nitrogen and oxygen atoms in total. The monoisotopic (exact) mass is 439 g/mol. The van der Waals surface area contributed by atoms with Gasteiger partial charge in [0, 0.05) is 6.66 Å². The van der Waals surface area contributed by atoms with Crippen molar-refractivity contribution >= 4 is 15.3 Å². The van der Waals surface area contributed by atoms with Crippen molar-refractivity contribution in [1.82, 2.24) is 5.09 Å². The normalized spacial score (nSPS) is 17.4.